The second-order valence-electron chi connectivity index (χ2n) is 4.80. The van der Waals surface area contributed by atoms with Gasteiger partial charge in [0.15, 0.2) is 0 Å². The molecule has 0 radical (unpaired) electrons. The van der Waals surface area contributed by atoms with Gasteiger partial charge in [0.2, 0.25) is 0 Å². The van der Waals surface area contributed by atoms with Gasteiger partial charge in [-0.1, -0.05) is 6.92 Å². The average molecular weight is 227 g/mol. The van der Waals surface area contributed by atoms with E-state index in [2.05, 4.69) is 18.1 Å². The Hall–Kier alpha value is -0.0200. The highest BCUT2D eigenvalue weighted by molar-refractivity contribution is 7.98. The van der Waals surface area contributed by atoms with Crippen LogP contribution in [0.5, 0.6) is 0 Å². The van der Waals surface area contributed by atoms with Crippen molar-refractivity contribution < 1.29 is 4.79 Å². The van der Waals surface area contributed by atoms with Gasteiger partial charge in [0, 0.05) is 36.7 Å². The molecule has 0 amide bonds. The molecule has 0 saturated carbocycles. The van der Waals surface area contributed by atoms with Crippen LogP contribution in [0.4, 0.5) is 0 Å². The maximum atomic E-state index is 11.5. The zero-order valence-corrected chi connectivity index (χ0v) is 10.6. The third-order valence-electron chi connectivity index (χ3n) is 3.85. The summed E-state index contributed by atoms with van der Waals surface area (Å²) in [6.45, 7) is 2.27. The van der Waals surface area contributed by atoms with Crippen molar-refractivity contribution in [3.8, 4) is 0 Å². The Morgan fingerprint density at radius 2 is 2.00 bits per heavy atom. The van der Waals surface area contributed by atoms with Crippen molar-refractivity contribution >= 4 is 17.5 Å². The topological polar surface area (TPSA) is 20.3 Å². The van der Waals surface area contributed by atoms with Gasteiger partial charge in [-0.2, -0.15) is 11.8 Å². The second-order valence-corrected chi connectivity index (χ2v) is 5.71. The number of carbonyl (C=O) groups excluding carboxylic acids is 1. The van der Waals surface area contributed by atoms with Crippen molar-refractivity contribution in [2.24, 2.45) is 0 Å². The number of hydrogen-bond donors (Lipinski definition) is 0. The first kappa shape index (κ1) is 11.5. The zero-order chi connectivity index (χ0) is 10.8. The molecule has 3 heteroatoms. The molecule has 0 aliphatic carbocycles. The Bertz CT molecular complexity index is 228. The van der Waals surface area contributed by atoms with Crippen LogP contribution in [-0.2, 0) is 4.79 Å². The number of carbonyl (C=O) groups is 1. The lowest BCUT2D eigenvalue weighted by atomic mass is 9.98. The fraction of sp³-hybridized carbons (Fsp3) is 0.917. The van der Waals surface area contributed by atoms with Gasteiger partial charge in [0.25, 0.3) is 0 Å². The number of rotatable bonds is 4. The van der Waals surface area contributed by atoms with Crippen LogP contribution in [0.15, 0.2) is 0 Å². The highest BCUT2D eigenvalue weighted by Gasteiger charge is 2.42. The van der Waals surface area contributed by atoms with E-state index in [4.69, 9.17) is 0 Å². The van der Waals surface area contributed by atoms with E-state index in [1.165, 1.54) is 25.0 Å². The van der Waals surface area contributed by atoms with Crippen molar-refractivity contribution in [3.05, 3.63) is 0 Å². The highest BCUT2D eigenvalue weighted by Crippen LogP contribution is 2.36. The fourth-order valence-electron chi connectivity index (χ4n) is 3.21. The molecule has 2 rings (SSSR count). The summed E-state index contributed by atoms with van der Waals surface area (Å²) in [5, 5.41) is 0. The van der Waals surface area contributed by atoms with Crippen molar-refractivity contribution in [1.82, 2.24) is 4.90 Å². The molecule has 2 fully saturated rings. The molecule has 0 aromatic rings. The highest BCUT2D eigenvalue weighted by atomic mass is 32.2. The van der Waals surface area contributed by atoms with Gasteiger partial charge in [0.05, 0.1) is 0 Å². The number of ketones is 1. The molecular weight excluding hydrogens is 206 g/mol. The number of hydrogen-bond acceptors (Lipinski definition) is 3. The first-order valence-electron chi connectivity index (χ1n) is 6.04. The fourth-order valence-corrected chi connectivity index (χ4v) is 4.00. The molecule has 0 aromatic heterocycles. The summed E-state index contributed by atoms with van der Waals surface area (Å²) in [7, 11) is 0. The zero-order valence-electron chi connectivity index (χ0n) is 9.74. The van der Waals surface area contributed by atoms with Crippen LogP contribution in [0.25, 0.3) is 0 Å². The van der Waals surface area contributed by atoms with E-state index in [1.54, 1.807) is 0 Å². The Morgan fingerprint density at radius 1 is 1.40 bits per heavy atom. The van der Waals surface area contributed by atoms with E-state index in [-0.39, 0.29) is 0 Å². The smallest absolute Gasteiger partial charge is 0.136 e. The lowest BCUT2D eigenvalue weighted by molar-refractivity contribution is -0.124. The van der Waals surface area contributed by atoms with Gasteiger partial charge in [-0.25, -0.2) is 0 Å². The van der Waals surface area contributed by atoms with E-state index < -0.39 is 0 Å². The molecule has 15 heavy (non-hydrogen) atoms. The van der Waals surface area contributed by atoms with Gasteiger partial charge >= 0.3 is 0 Å². The SMILES string of the molecule is CCC(CSC)N1C2CCC1CC(=O)C2. The minimum Gasteiger partial charge on any atom is -0.300 e. The van der Waals surface area contributed by atoms with E-state index in [0.717, 1.165) is 12.8 Å². The standard InChI is InChI=1S/C12H21NOS/c1-3-9(8-15-2)13-10-4-5-11(13)7-12(14)6-10/h9-11H,3-8H2,1-2H3. The summed E-state index contributed by atoms with van der Waals surface area (Å²) in [6.07, 6.45) is 7.55. The average Bonchev–Trinajstić information content (AvgIpc) is 2.47. The van der Waals surface area contributed by atoms with Crippen LogP contribution in [0.2, 0.25) is 0 Å². The van der Waals surface area contributed by atoms with E-state index in [9.17, 15) is 4.79 Å². The lowest BCUT2D eigenvalue weighted by Crippen LogP contribution is -2.49. The van der Waals surface area contributed by atoms with Gasteiger partial charge in [0.1, 0.15) is 5.78 Å². The van der Waals surface area contributed by atoms with Crippen molar-refractivity contribution in [1.29, 1.82) is 0 Å². The minimum absolute atomic E-state index is 0.498. The second kappa shape index (κ2) is 4.88. The number of piperidine rings is 1. The molecule has 2 aliphatic heterocycles. The van der Waals surface area contributed by atoms with E-state index in [1.807, 2.05) is 11.8 Å². The Morgan fingerprint density at radius 3 is 2.47 bits per heavy atom. The summed E-state index contributed by atoms with van der Waals surface area (Å²) in [5.41, 5.74) is 0. The largest absolute Gasteiger partial charge is 0.300 e. The molecular formula is C12H21NOS. The molecule has 2 nitrogen and oxygen atoms in total. The van der Waals surface area contributed by atoms with Gasteiger partial charge in [-0.05, 0) is 25.5 Å². The van der Waals surface area contributed by atoms with Crippen LogP contribution in [0, 0.1) is 0 Å². The van der Waals surface area contributed by atoms with Gasteiger partial charge < -0.3 is 0 Å². The predicted molar refractivity (Wildman–Crippen MR) is 65.4 cm³/mol. The van der Waals surface area contributed by atoms with E-state index in [0.29, 0.717) is 23.9 Å². The Kier molecular flexibility index (Phi) is 3.73. The Labute approximate surface area is 96.8 Å². The third-order valence-corrected chi connectivity index (χ3v) is 4.57. The molecule has 2 heterocycles. The normalized spacial score (nSPS) is 33.3. The number of fused-ring (bicyclic) bond motifs is 2. The maximum absolute atomic E-state index is 11.5. The number of thioether (sulfide) groups is 1. The summed E-state index contributed by atoms with van der Waals surface area (Å²) >= 11 is 1.93. The molecule has 86 valence electrons. The van der Waals surface area contributed by atoms with Crippen molar-refractivity contribution in [2.75, 3.05) is 12.0 Å². The first-order chi connectivity index (χ1) is 7.26. The third kappa shape index (κ3) is 2.23. The minimum atomic E-state index is 0.498. The monoisotopic (exact) mass is 227 g/mol. The first-order valence-corrected chi connectivity index (χ1v) is 7.43. The van der Waals surface area contributed by atoms with Gasteiger partial charge in [-0.3, -0.25) is 9.69 Å². The summed E-state index contributed by atoms with van der Waals surface area (Å²) in [4.78, 5) is 14.2. The number of Topliss-reactive ketones (excluding diaryl/α,β-unsaturated/α-hetero) is 1. The summed E-state index contributed by atoms with van der Waals surface area (Å²) in [5.74, 6) is 1.72. The molecule has 3 unspecified atom stereocenters. The molecule has 0 spiro atoms. The molecule has 2 aliphatic rings. The maximum Gasteiger partial charge on any atom is 0.136 e. The van der Waals surface area contributed by atoms with Crippen LogP contribution in [0.1, 0.15) is 39.0 Å². The van der Waals surface area contributed by atoms with Crippen LogP contribution < -0.4 is 0 Å². The number of nitrogens with zero attached hydrogens (tertiary/aromatic N) is 1. The van der Waals surface area contributed by atoms with Crippen LogP contribution in [0.3, 0.4) is 0 Å². The van der Waals surface area contributed by atoms with Crippen LogP contribution in [-0.4, -0.2) is 40.8 Å². The molecule has 3 atom stereocenters. The summed E-state index contributed by atoms with van der Waals surface area (Å²) in [6, 6.07) is 1.85. The molecule has 2 saturated heterocycles. The molecule has 0 aromatic carbocycles. The van der Waals surface area contributed by atoms with Crippen molar-refractivity contribution in [2.45, 2.75) is 57.2 Å². The molecule has 0 N–H and O–H groups in total. The van der Waals surface area contributed by atoms with Gasteiger partial charge in [-0.15, -0.1) is 0 Å². The Balaban J connectivity index is 2.05. The summed E-state index contributed by atoms with van der Waals surface area (Å²) < 4.78 is 0. The lowest BCUT2D eigenvalue weighted by Gasteiger charge is -2.39. The van der Waals surface area contributed by atoms with Crippen LogP contribution >= 0.6 is 11.8 Å². The molecule has 2 bridgehead atoms. The predicted octanol–water partition coefficient (Wildman–Crippen LogP) is 2.32. The van der Waals surface area contributed by atoms with Crippen molar-refractivity contribution in [3.63, 3.8) is 0 Å². The van der Waals surface area contributed by atoms with E-state index >= 15 is 0 Å². The quantitative estimate of drug-likeness (QED) is 0.735.